The highest BCUT2D eigenvalue weighted by Crippen LogP contribution is 2.23. The number of nitrogens with zero attached hydrogens (tertiary/aromatic N) is 2. The van der Waals surface area contributed by atoms with Crippen LogP contribution >= 0.6 is 0 Å². The van der Waals surface area contributed by atoms with Gasteiger partial charge in [0.25, 0.3) is 0 Å². The molecule has 4 heteroatoms. The molecular weight excluding hydrogens is 284 g/mol. The third-order valence-electron chi connectivity index (χ3n) is 3.50. The van der Waals surface area contributed by atoms with E-state index in [0.29, 0.717) is 17.2 Å². The predicted octanol–water partition coefficient (Wildman–Crippen LogP) is 4.12. The van der Waals surface area contributed by atoms with Gasteiger partial charge in [0.05, 0.1) is 17.6 Å². The lowest BCUT2D eigenvalue weighted by Crippen LogP contribution is -2.06. The smallest absolute Gasteiger partial charge is 0.151 e. The normalized spacial score (nSPS) is 10.3. The lowest BCUT2D eigenvalue weighted by molar-refractivity contribution is 1.18. The van der Waals surface area contributed by atoms with Crippen molar-refractivity contribution in [2.75, 3.05) is 11.1 Å². The number of rotatable bonds is 4. The molecule has 0 atom stereocenters. The van der Waals surface area contributed by atoms with Gasteiger partial charge in [-0.3, -0.25) is 0 Å². The quantitative estimate of drug-likeness (QED) is 0.761. The molecule has 0 bridgehead atoms. The van der Waals surface area contributed by atoms with Crippen LogP contribution in [0.15, 0.2) is 67.4 Å². The number of nitrogens with two attached hydrogens (primary N) is 1. The van der Waals surface area contributed by atoms with Crippen molar-refractivity contribution in [1.29, 1.82) is 0 Å². The fourth-order valence-corrected chi connectivity index (χ4v) is 2.24. The second kappa shape index (κ2) is 6.32. The molecule has 2 aromatic carbocycles. The molecule has 1 aromatic heterocycles. The molecule has 0 aliphatic heterocycles. The highest BCUT2D eigenvalue weighted by atomic mass is 15.0. The predicted molar refractivity (Wildman–Crippen MR) is 95.7 cm³/mol. The molecule has 0 aliphatic rings. The van der Waals surface area contributed by atoms with Crippen molar-refractivity contribution >= 4 is 17.2 Å². The first kappa shape index (κ1) is 14.8. The summed E-state index contributed by atoms with van der Waals surface area (Å²) in [5.74, 6) is 0.356. The molecule has 0 amide bonds. The van der Waals surface area contributed by atoms with Gasteiger partial charge in [0.1, 0.15) is 5.69 Å². The Hall–Kier alpha value is -3.14. The maximum absolute atomic E-state index is 5.97. The second-order valence-corrected chi connectivity index (χ2v) is 5.32. The minimum Gasteiger partial charge on any atom is -0.382 e. The summed E-state index contributed by atoms with van der Waals surface area (Å²) in [5, 5.41) is 3.21. The number of nitrogen functional groups attached to an aromatic ring is 1. The van der Waals surface area contributed by atoms with Gasteiger partial charge in [-0.05, 0) is 19.1 Å². The fraction of sp³-hybridized carbons (Fsp3) is 0.0526. The second-order valence-electron chi connectivity index (χ2n) is 5.32. The van der Waals surface area contributed by atoms with Crippen LogP contribution in [0.2, 0.25) is 0 Å². The summed E-state index contributed by atoms with van der Waals surface area (Å²) >= 11 is 0. The maximum atomic E-state index is 5.97. The minimum atomic E-state index is 0.356. The number of para-hydroxylation sites is 1. The Morgan fingerprint density at radius 3 is 2.43 bits per heavy atom. The number of hydrogen-bond acceptors (Lipinski definition) is 4. The molecule has 1 heterocycles. The molecule has 3 rings (SSSR count). The van der Waals surface area contributed by atoms with Crippen molar-refractivity contribution in [3.8, 4) is 11.3 Å². The minimum absolute atomic E-state index is 0.356. The Morgan fingerprint density at radius 2 is 1.74 bits per heavy atom. The van der Waals surface area contributed by atoms with E-state index in [9.17, 15) is 0 Å². The summed E-state index contributed by atoms with van der Waals surface area (Å²) in [6.45, 7) is 6.09. The summed E-state index contributed by atoms with van der Waals surface area (Å²) in [7, 11) is 0. The van der Waals surface area contributed by atoms with Crippen molar-refractivity contribution < 1.29 is 0 Å². The maximum Gasteiger partial charge on any atom is 0.151 e. The van der Waals surface area contributed by atoms with Crippen molar-refractivity contribution in [3.63, 3.8) is 0 Å². The zero-order chi connectivity index (χ0) is 16.2. The standard InChI is InChI=1S/C19H18N4/c1-13-8-10-15(11-9-13)17-12-21-19(20)18(23-17)14(2)22-16-6-4-3-5-7-16/h3-12,22H,2H2,1H3,(H2,20,21). The lowest BCUT2D eigenvalue weighted by atomic mass is 10.1. The van der Waals surface area contributed by atoms with Gasteiger partial charge in [-0.25, -0.2) is 9.97 Å². The van der Waals surface area contributed by atoms with Crippen LogP contribution in [0, 0.1) is 6.92 Å². The average molecular weight is 302 g/mol. The Morgan fingerprint density at radius 1 is 1.04 bits per heavy atom. The monoisotopic (exact) mass is 302 g/mol. The van der Waals surface area contributed by atoms with E-state index in [0.717, 1.165) is 16.9 Å². The Balaban J connectivity index is 1.91. The third kappa shape index (κ3) is 3.37. The number of aromatic nitrogens is 2. The fourth-order valence-electron chi connectivity index (χ4n) is 2.24. The van der Waals surface area contributed by atoms with Crippen molar-refractivity contribution in [1.82, 2.24) is 9.97 Å². The van der Waals surface area contributed by atoms with Crippen LogP contribution in [-0.2, 0) is 0 Å². The van der Waals surface area contributed by atoms with E-state index in [1.165, 1.54) is 5.56 Å². The summed E-state index contributed by atoms with van der Waals surface area (Å²) in [6, 6.07) is 17.9. The summed E-state index contributed by atoms with van der Waals surface area (Å²) < 4.78 is 0. The molecule has 0 radical (unpaired) electrons. The van der Waals surface area contributed by atoms with Crippen LogP contribution in [0.25, 0.3) is 17.0 Å². The van der Waals surface area contributed by atoms with Crippen LogP contribution in [0.3, 0.4) is 0 Å². The highest BCUT2D eigenvalue weighted by Gasteiger charge is 2.10. The number of hydrogen-bond donors (Lipinski definition) is 2. The Bertz CT molecular complexity index is 824. The first-order valence-corrected chi connectivity index (χ1v) is 7.34. The third-order valence-corrected chi connectivity index (χ3v) is 3.50. The van der Waals surface area contributed by atoms with Gasteiger partial charge >= 0.3 is 0 Å². The summed E-state index contributed by atoms with van der Waals surface area (Å²) in [5.41, 5.74) is 11.1. The molecule has 4 nitrogen and oxygen atoms in total. The average Bonchev–Trinajstić information content (AvgIpc) is 2.57. The Labute approximate surface area is 135 Å². The van der Waals surface area contributed by atoms with E-state index in [1.807, 2.05) is 54.6 Å². The molecule has 23 heavy (non-hydrogen) atoms. The SMILES string of the molecule is C=C(Nc1ccccc1)c1nc(-c2ccc(C)cc2)cnc1N. The molecule has 0 saturated carbocycles. The molecule has 0 fully saturated rings. The molecule has 0 unspecified atom stereocenters. The molecule has 0 aliphatic carbocycles. The van der Waals surface area contributed by atoms with Gasteiger partial charge in [-0.2, -0.15) is 0 Å². The molecule has 114 valence electrons. The lowest BCUT2D eigenvalue weighted by Gasteiger charge is -2.12. The van der Waals surface area contributed by atoms with Crippen LogP contribution in [0.5, 0.6) is 0 Å². The molecular formula is C19H18N4. The topological polar surface area (TPSA) is 63.8 Å². The number of benzene rings is 2. The van der Waals surface area contributed by atoms with Crippen molar-refractivity contribution in [2.24, 2.45) is 0 Å². The van der Waals surface area contributed by atoms with E-state index >= 15 is 0 Å². The largest absolute Gasteiger partial charge is 0.382 e. The van der Waals surface area contributed by atoms with Crippen LogP contribution in [0.4, 0.5) is 11.5 Å². The van der Waals surface area contributed by atoms with Gasteiger partial charge in [-0.15, -0.1) is 0 Å². The van der Waals surface area contributed by atoms with Crippen LogP contribution in [0.1, 0.15) is 11.3 Å². The van der Waals surface area contributed by atoms with Gasteiger partial charge in [-0.1, -0.05) is 54.6 Å². The number of anilines is 2. The van der Waals surface area contributed by atoms with Gasteiger partial charge in [0.15, 0.2) is 5.82 Å². The van der Waals surface area contributed by atoms with E-state index in [4.69, 9.17) is 5.73 Å². The zero-order valence-electron chi connectivity index (χ0n) is 13.0. The van der Waals surface area contributed by atoms with Crippen molar-refractivity contribution in [3.05, 3.63) is 78.6 Å². The molecule has 3 aromatic rings. The van der Waals surface area contributed by atoms with E-state index in [2.05, 4.69) is 28.8 Å². The Kier molecular flexibility index (Phi) is 4.06. The van der Waals surface area contributed by atoms with Gasteiger partial charge < -0.3 is 11.1 Å². The number of nitrogens with one attached hydrogen (secondary N) is 1. The first-order valence-electron chi connectivity index (χ1n) is 7.34. The van der Waals surface area contributed by atoms with Crippen LogP contribution < -0.4 is 11.1 Å². The van der Waals surface area contributed by atoms with E-state index in [-0.39, 0.29) is 0 Å². The first-order chi connectivity index (χ1) is 11.1. The molecule has 3 N–H and O–H groups in total. The van der Waals surface area contributed by atoms with Crippen molar-refractivity contribution in [2.45, 2.75) is 6.92 Å². The van der Waals surface area contributed by atoms with Gasteiger partial charge in [0.2, 0.25) is 0 Å². The van der Waals surface area contributed by atoms with E-state index < -0.39 is 0 Å². The molecule has 0 saturated heterocycles. The van der Waals surface area contributed by atoms with Crippen LogP contribution in [-0.4, -0.2) is 9.97 Å². The van der Waals surface area contributed by atoms with E-state index in [1.54, 1.807) is 6.20 Å². The molecule has 0 spiro atoms. The summed E-state index contributed by atoms with van der Waals surface area (Å²) in [6.07, 6.45) is 1.68. The summed E-state index contributed by atoms with van der Waals surface area (Å²) in [4.78, 5) is 8.87. The van der Waals surface area contributed by atoms with Gasteiger partial charge in [0, 0.05) is 11.3 Å². The number of aryl methyl sites for hydroxylation is 1. The highest BCUT2D eigenvalue weighted by molar-refractivity contribution is 5.79. The zero-order valence-corrected chi connectivity index (χ0v) is 13.0.